The fourth-order valence-electron chi connectivity index (χ4n) is 1.39. The van der Waals surface area contributed by atoms with Crippen molar-refractivity contribution in [1.29, 1.82) is 0 Å². The molecule has 88 valence electrons. The maximum atomic E-state index is 10.8. The van der Waals surface area contributed by atoms with E-state index in [4.69, 9.17) is 5.73 Å². The standard InChI is InChI=1S/C11H16N2O3/c1-13-6-9(14)10(15)7-2-4-8(5-3-7)11(12)16/h2-5,9-10,13-15H,6H2,1H3,(H2,12,16). The molecule has 2 atom stereocenters. The first kappa shape index (κ1) is 12.6. The lowest BCUT2D eigenvalue weighted by Gasteiger charge is -2.17. The molecule has 0 radical (unpaired) electrons. The van der Waals surface area contributed by atoms with E-state index in [9.17, 15) is 15.0 Å². The second-order valence-electron chi connectivity index (χ2n) is 3.56. The van der Waals surface area contributed by atoms with Gasteiger partial charge >= 0.3 is 0 Å². The molecule has 0 aromatic heterocycles. The largest absolute Gasteiger partial charge is 0.389 e. The summed E-state index contributed by atoms with van der Waals surface area (Å²) in [7, 11) is 1.69. The lowest BCUT2D eigenvalue weighted by atomic mass is 10.0. The molecule has 0 aliphatic heterocycles. The summed E-state index contributed by atoms with van der Waals surface area (Å²) in [6.07, 6.45) is -1.86. The van der Waals surface area contributed by atoms with E-state index in [-0.39, 0.29) is 0 Å². The number of aliphatic hydroxyl groups is 2. The first-order chi connectivity index (χ1) is 7.56. The third kappa shape index (κ3) is 3.03. The van der Waals surface area contributed by atoms with Crippen molar-refractivity contribution >= 4 is 5.91 Å². The van der Waals surface area contributed by atoms with Crippen LogP contribution >= 0.6 is 0 Å². The second-order valence-corrected chi connectivity index (χ2v) is 3.56. The Morgan fingerprint density at radius 3 is 2.38 bits per heavy atom. The highest BCUT2D eigenvalue weighted by atomic mass is 16.3. The van der Waals surface area contributed by atoms with E-state index >= 15 is 0 Å². The number of aliphatic hydroxyl groups excluding tert-OH is 2. The van der Waals surface area contributed by atoms with Crippen molar-refractivity contribution in [3.8, 4) is 0 Å². The van der Waals surface area contributed by atoms with Crippen LogP contribution in [0.3, 0.4) is 0 Å². The van der Waals surface area contributed by atoms with Crippen LogP contribution in [0, 0.1) is 0 Å². The topological polar surface area (TPSA) is 95.6 Å². The van der Waals surface area contributed by atoms with Crippen molar-refractivity contribution in [3.05, 3.63) is 35.4 Å². The third-order valence-corrected chi connectivity index (χ3v) is 2.31. The Morgan fingerprint density at radius 1 is 1.38 bits per heavy atom. The highest BCUT2D eigenvalue weighted by Gasteiger charge is 2.17. The number of hydrogen-bond acceptors (Lipinski definition) is 4. The molecule has 0 aliphatic rings. The van der Waals surface area contributed by atoms with E-state index in [2.05, 4.69) is 5.32 Å². The van der Waals surface area contributed by atoms with E-state index in [1.807, 2.05) is 0 Å². The minimum absolute atomic E-state index is 0.290. The zero-order valence-electron chi connectivity index (χ0n) is 9.05. The molecule has 0 bridgehead atoms. The monoisotopic (exact) mass is 224 g/mol. The van der Waals surface area contributed by atoms with Gasteiger partial charge in [-0.1, -0.05) is 12.1 Å². The highest BCUT2D eigenvalue weighted by molar-refractivity contribution is 5.92. The lowest BCUT2D eigenvalue weighted by Crippen LogP contribution is -2.29. The summed E-state index contributed by atoms with van der Waals surface area (Å²) in [6, 6.07) is 6.19. The number of primary amides is 1. The maximum Gasteiger partial charge on any atom is 0.248 e. The number of likely N-dealkylation sites (N-methyl/N-ethyl adjacent to an activating group) is 1. The van der Waals surface area contributed by atoms with Crippen molar-refractivity contribution < 1.29 is 15.0 Å². The Morgan fingerprint density at radius 2 is 1.94 bits per heavy atom. The number of carbonyl (C=O) groups is 1. The van der Waals surface area contributed by atoms with Gasteiger partial charge in [-0.3, -0.25) is 4.79 Å². The first-order valence-corrected chi connectivity index (χ1v) is 4.96. The van der Waals surface area contributed by atoms with Gasteiger partial charge in [0.05, 0.1) is 6.10 Å². The van der Waals surface area contributed by atoms with Crippen LogP contribution in [0.2, 0.25) is 0 Å². The van der Waals surface area contributed by atoms with Gasteiger partial charge in [0.2, 0.25) is 5.91 Å². The molecule has 0 saturated carbocycles. The maximum absolute atomic E-state index is 10.8. The van der Waals surface area contributed by atoms with Crippen molar-refractivity contribution in [2.24, 2.45) is 5.73 Å². The molecule has 5 heteroatoms. The molecule has 1 aromatic rings. The summed E-state index contributed by atoms with van der Waals surface area (Å²) >= 11 is 0. The molecule has 0 aliphatic carbocycles. The molecule has 0 fully saturated rings. The molecule has 1 rings (SSSR count). The average molecular weight is 224 g/mol. The molecule has 1 aromatic carbocycles. The van der Waals surface area contributed by atoms with Crippen LogP contribution in [-0.2, 0) is 0 Å². The zero-order chi connectivity index (χ0) is 12.1. The molecule has 5 N–H and O–H groups in total. The van der Waals surface area contributed by atoms with Crippen LogP contribution in [0.4, 0.5) is 0 Å². The molecule has 0 spiro atoms. The van der Waals surface area contributed by atoms with Gasteiger partial charge in [-0.2, -0.15) is 0 Å². The molecular weight excluding hydrogens is 208 g/mol. The fraction of sp³-hybridized carbons (Fsp3) is 0.364. The Kier molecular flexibility index (Phi) is 4.42. The average Bonchev–Trinajstić information content (AvgIpc) is 2.28. The number of nitrogens with one attached hydrogen (secondary N) is 1. The molecule has 1 amide bonds. The SMILES string of the molecule is CNCC(O)C(O)c1ccc(C(N)=O)cc1. The quantitative estimate of drug-likeness (QED) is 0.537. The number of amides is 1. The highest BCUT2D eigenvalue weighted by Crippen LogP contribution is 2.17. The van der Waals surface area contributed by atoms with Gasteiger partial charge in [-0.15, -0.1) is 0 Å². The van der Waals surface area contributed by atoms with E-state index < -0.39 is 18.1 Å². The third-order valence-electron chi connectivity index (χ3n) is 2.31. The van der Waals surface area contributed by atoms with Crippen molar-refractivity contribution in [1.82, 2.24) is 5.32 Å². The first-order valence-electron chi connectivity index (χ1n) is 4.96. The number of nitrogens with two attached hydrogens (primary N) is 1. The van der Waals surface area contributed by atoms with Gasteiger partial charge in [0.1, 0.15) is 6.10 Å². The van der Waals surface area contributed by atoms with Crippen molar-refractivity contribution in [3.63, 3.8) is 0 Å². The Hall–Kier alpha value is -1.43. The molecule has 0 saturated heterocycles. The fourth-order valence-corrected chi connectivity index (χ4v) is 1.39. The van der Waals surface area contributed by atoms with Gasteiger partial charge in [0.25, 0.3) is 0 Å². The van der Waals surface area contributed by atoms with Gasteiger partial charge in [-0.25, -0.2) is 0 Å². The smallest absolute Gasteiger partial charge is 0.248 e. The van der Waals surface area contributed by atoms with Crippen LogP contribution in [-0.4, -0.2) is 35.8 Å². The minimum Gasteiger partial charge on any atom is -0.389 e. The number of rotatable bonds is 5. The lowest BCUT2D eigenvalue weighted by molar-refractivity contribution is 0.0202. The summed E-state index contributed by atoms with van der Waals surface area (Å²) in [6.45, 7) is 0.290. The predicted molar refractivity (Wildman–Crippen MR) is 59.9 cm³/mol. The van der Waals surface area contributed by atoms with E-state index in [0.29, 0.717) is 17.7 Å². The van der Waals surface area contributed by atoms with Crippen LogP contribution in [0.25, 0.3) is 0 Å². The van der Waals surface area contributed by atoms with E-state index in [0.717, 1.165) is 0 Å². The van der Waals surface area contributed by atoms with Gasteiger partial charge in [-0.05, 0) is 24.7 Å². The normalized spacial score (nSPS) is 14.4. The van der Waals surface area contributed by atoms with E-state index in [1.165, 1.54) is 12.1 Å². The summed E-state index contributed by atoms with van der Waals surface area (Å²) in [5.74, 6) is -0.517. The van der Waals surface area contributed by atoms with Crippen LogP contribution in [0.15, 0.2) is 24.3 Å². The molecule has 16 heavy (non-hydrogen) atoms. The summed E-state index contributed by atoms with van der Waals surface area (Å²) in [5, 5.41) is 22.1. The minimum atomic E-state index is -0.977. The molecule has 5 nitrogen and oxygen atoms in total. The predicted octanol–water partition coefficient (Wildman–Crippen LogP) is -0.601. The summed E-state index contributed by atoms with van der Waals surface area (Å²) in [4.78, 5) is 10.8. The number of hydrogen-bond donors (Lipinski definition) is 4. The Labute approximate surface area is 93.9 Å². The summed E-state index contributed by atoms with van der Waals surface area (Å²) in [5.41, 5.74) is 6.01. The van der Waals surface area contributed by atoms with Gasteiger partial charge < -0.3 is 21.3 Å². The van der Waals surface area contributed by atoms with Crippen LogP contribution in [0.5, 0.6) is 0 Å². The Bertz CT molecular complexity index is 351. The van der Waals surface area contributed by atoms with Crippen molar-refractivity contribution in [2.75, 3.05) is 13.6 Å². The molecule has 2 unspecified atom stereocenters. The zero-order valence-corrected chi connectivity index (χ0v) is 9.05. The van der Waals surface area contributed by atoms with E-state index in [1.54, 1.807) is 19.2 Å². The second kappa shape index (κ2) is 5.60. The summed E-state index contributed by atoms with van der Waals surface area (Å²) < 4.78 is 0. The number of carbonyl (C=O) groups excluding carboxylic acids is 1. The van der Waals surface area contributed by atoms with Crippen molar-refractivity contribution in [2.45, 2.75) is 12.2 Å². The van der Waals surface area contributed by atoms with Crippen LogP contribution < -0.4 is 11.1 Å². The Balaban J connectivity index is 2.77. The number of benzene rings is 1. The molecule has 0 heterocycles. The van der Waals surface area contributed by atoms with Crippen LogP contribution in [0.1, 0.15) is 22.0 Å². The van der Waals surface area contributed by atoms with Gasteiger partial charge in [0, 0.05) is 12.1 Å². The molecular formula is C11H16N2O3. The van der Waals surface area contributed by atoms with Gasteiger partial charge in [0.15, 0.2) is 0 Å².